The van der Waals surface area contributed by atoms with Gasteiger partial charge in [0.15, 0.2) is 0 Å². The maximum atomic E-state index is 12.1. The summed E-state index contributed by atoms with van der Waals surface area (Å²) < 4.78 is 37.0. The van der Waals surface area contributed by atoms with Gasteiger partial charge in [-0.05, 0) is 31.5 Å². The fourth-order valence-electron chi connectivity index (χ4n) is 1.92. The highest BCUT2D eigenvalue weighted by Gasteiger charge is 2.18. The highest BCUT2D eigenvalue weighted by atomic mass is 32.2. The van der Waals surface area contributed by atoms with Crippen LogP contribution in [0.25, 0.3) is 11.5 Å². The summed E-state index contributed by atoms with van der Waals surface area (Å²) in [5.41, 5.74) is 2.02. The van der Waals surface area contributed by atoms with Crippen LogP contribution in [0.2, 0.25) is 0 Å². The molecule has 2 rings (SSSR count). The van der Waals surface area contributed by atoms with Crippen LogP contribution in [0.5, 0.6) is 0 Å². The number of ether oxygens (including phenoxy) is 1. The number of nitrogens with one attached hydrogen (secondary N) is 1. The predicted molar refractivity (Wildman–Crippen MR) is 80.6 cm³/mol. The van der Waals surface area contributed by atoms with E-state index in [9.17, 15) is 8.42 Å². The molecular weight excluding hydrogens is 292 g/mol. The van der Waals surface area contributed by atoms with Crippen molar-refractivity contribution < 1.29 is 17.6 Å². The van der Waals surface area contributed by atoms with E-state index < -0.39 is 10.0 Å². The van der Waals surface area contributed by atoms with Crippen molar-refractivity contribution in [3.63, 3.8) is 0 Å². The van der Waals surface area contributed by atoms with Gasteiger partial charge in [-0.25, -0.2) is 13.4 Å². The van der Waals surface area contributed by atoms with Crippen molar-refractivity contribution in [2.45, 2.75) is 20.0 Å². The number of methoxy groups -OCH3 is 1. The lowest BCUT2D eigenvalue weighted by Gasteiger charge is -2.14. The second kappa shape index (κ2) is 6.28. The summed E-state index contributed by atoms with van der Waals surface area (Å²) in [7, 11) is -2.00. The van der Waals surface area contributed by atoms with E-state index in [-0.39, 0.29) is 11.9 Å². The van der Waals surface area contributed by atoms with Crippen molar-refractivity contribution in [3.05, 3.63) is 36.2 Å². The summed E-state index contributed by atoms with van der Waals surface area (Å²) in [4.78, 5) is 4.08. The molecule has 2 aromatic rings. The third-order valence-corrected chi connectivity index (χ3v) is 4.56. The van der Waals surface area contributed by atoms with Crippen molar-refractivity contribution in [3.8, 4) is 11.5 Å². The second-order valence-corrected chi connectivity index (χ2v) is 6.51. The van der Waals surface area contributed by atoms with Gasteiger partial charge >= 0.3 is 0 Å². The predicted octanol–water partition coefficient (Wildman–Crippen LogP) is 2.43. The molecule has 1 aromatic carbocycles. The molecule has 0 spiro atoms. The number of benzene rings is 1. The molecule has 1 atom stereocenters. The molecule has 0 aliphatic carbocycles. The second-order valence-electron chi connectivity index (χ2n) is 4.75. The first-order valence-electron chi connectivity index (χ1n) is 6.45. The zero-order chi connectivity index (χ0) is 15.5. The molecule has 114 valence electrons. The molecule has 0 amide bonds. The Morgan fingerprint density at radius 2 is 2.19 bits per heavy atom. The van der Waals surface area contributed by atoms with Crippen LogP contribution in [-0.4, -0.2) is 32.4 Å². The fraction of sp³-hybridized carbons (Fsp3) is 0.357. The fourth-order valence-corrected chi connectivity index (χ4v) is 3.31. The first-order valence-corrected chi connectivity index (χ1v) is 8.11. The Balaban J connectivity index is 2.28. The van der Waals surface area contributed by atoms with Gasteiger partial charge in [0, 0.05) is 12.7 Å². The molecule has 0 fully saturated rings. The molecule has 21 heavy (non-hydrogen) atoms. The molecule has 0 aliphatic rings. The number of anilines is 1. The van der Waals surface area contributed by atoms with Crippen LogP contribution in [0.15, 0.2) is 35.1 Å². The van der Waals surface area contributed by atoms with E-state index in [4.69, 9.17) is 9.15 Å². The Morgan fingerprint density at radius 3 is 2.81 bits per heavy atom. The van der Waals surface area contributed by atoms with E-state index in [2.05, 4.69) is 9.71 Å². The summed E-state index contributed by atoms with van der Waals surface area (Å²) in [6.07, 6.45) is 2.65. The lowest BCUT2D eigenvalue weighted by atomic mass is 10.1. The van der Waals surface area contributed by atoms with E-state index in [1.54, 1.807) is 25.3 Å². The minimum Gasteiger partial charge on any atom is -0.445 e. The van der Waals surface area contributed by atoms with E-state index >= 15 is 0 Å². The summed E-state index contributed by atoms with van der Waals surface area (Å²) in [5, 5.41) is 0. The van der Waals surface area contributed by atoms with Gasteiger partial charge in [0.2, 0.25) is 15.9 Å². The average Bonchev–Trinajstić information content (AvgIpc) is 2.94. The van der Waals surface area contributed by atoms with Gasteiger partial charge in [-0.3, -0.25) is 4.72 Å². The molecular formula is C14H18N2O4S. The number of oxazole rings is 1. The molecule has 0 bridgehead atoms. The minimum absolute atomic E-state index is 0.105. The van der Waals surface area contributed by atoms with E-state index in [0.717, 1.165) is 11.1 Å². The molecule has 1 aromatic heterocycles. The zero-order valence-corrected chi connectivity index (χ0v) is 13.0. The molecule has 0 saturated heterocycles. The van der Waals surface area contributed by atoms with E-state index in [1.165, 1.54) is 13.4 Å². The molecule has 0 saturated carbocycles. The molecule has 0 radical (unpaired) electrons. The van der Waals surface area contributed by atoms with Crippen molar-refractivity contribution in [2.24, 2.45) is 0 Å². The molecule has 0 aliphatic heterocycles. The maximum Gasteiger partial charge on any atom is 0.235 e. The van der Waals surface area contributed by atoms with Crippen LogP contribution in [0.4, 0.5) is 5.69 Å². The quantitative estimate of drug-likeness (QED) is 0.886. The van der Waals surface area contributed by atoms with Gasteiger partial charge in [0.25, 0.3) is 0 Å². The lowest BCUT2D eigenvalue weighted by Crippen LogP contribution is -2.25. The van der Waals surface area contributed by atoms with Crippen molar-refractivity contribution in [2.75, 3.05) is 17.6 Å². The molecule has 1 N–H and O–H groups in total. The first kappa shape index (κ1) is 15.5. The molecule has 1 unspecified atom stereocenters. The van der Waals surface area contributed by atoms with Crippen molar-refractivity contribution in [1.82, 2.24) is 4.98 Å². The van der Waals surface area contributed by atoms with Crippen LogP contribution in [0.3, 0.4) is 0 Å². The van der Waals surface area contributed by atoms with Crippen LogP contribution in [0, 0.1) is 6.92 Å². The number of nitrogens with zero attached hydrogens (tertiary/aromatic N) is 1. The van der Waals surface area contributed by atoms with Crippen LogP contribution < -0.4 is 4.72 Å². The molecule has 6 nitrogen and oxygen atoms in total. The largest absolute Gasteiger partial charge is 0.445 e. The third kappa shape index (κ3) is 3.83. The number of sulfonamides is 1. The van der Waals surface area contributed by atoms with Crippen molar-refractivity contribution in [1.29, 1.82) is 0 Å². The van der Waals surface area contributed by atoms with Gasteiger partial charge in [-0.1, -0.05) is 6.07 Å². The summed E-state index contributed by atoms with van der Waals surface area (Å²) in [6, 6.07) is 5.29. The van der Waals surface area contributed by atoms with Crippen molar-refractivity contribution >= 4 is 15.7 Å². The third-order valence-electron chi connectivity index (χ3n) is 3.12. The highest BCUT2D eigenvalue weighted by molar-refractivity contribution is 7.92. The summed E-state index contributed by atoms with van der Waals surface area (Å²) >= 11 is 0. The highest BCUT2D eigenvalue weighted by Crippen LogP contribution is 2.28. The van der Waals surface area contributed by atoms with Crippen LogP contribution >= 0.6 is 0 Å². The normalized spacial score (nSPS) is 13.1. The van der Waals surface area contributed by atoms with Gasteiger partial charge in [-0.15, -0.1) is 0 Å². The zero-order valence-electron chi connectivity index (χ0n) is 12.2. The number of hydrogen-bond acceptors (Lipinski definition) is 5. The lowest BCUT2D eigenvalue weighted by molar-refractivity contribution is 0.136. The number of rotatable bonds is 6. The van der Waals surface area contributed by atoms with Gasteiger partial charge < -0.3 is 9.15 Å². The monoisotopic (exact) mass is 310 g/mol. The Morgan fingerprint density at radius 1 is 1.43 bits per heavy atom. The van der Waals surface area contributed by atoms with Gasteiger partial charge in [0.1, 0.15) is 6.26 Å². The molecule has 7 heteroatoms. The molecule has 1 heterocycles. The first-order chi connectivity index (χ1) is 9.93. The standard InChI is InChI=1S/C14H18N2O4S/c1-10(19-3)9-21(17,18)16-13-6-4-5-12(11(13)2)14-15-7-8-20-14/h4-8,10,16H,9H2,1-3H3. The van der Waals surface area contributed by atoms with E-state index in [0.29, 0.717) is 11.6 Å². The van der Waals surface area contributed by atoms with E-state index in [1.807, 2.05) is 13.0 Å². The Labute approximate surface area is 124 Å². The summed E-state index contributed by atoms with van der Waals surface area (Å²) in [6.45, 7) is 3.52. The van der Waals surface area contributed by atoms with Gasteiger partial charge in [0.05, 0.1) is 23.7 Å². The topological polar surface area (TPSA) is 81.4 Å². The smallest absolute Gasteiger partial charge is 0.235 e. The average molecular weight is 310 g/mol. The Kier molecular flexibility index (Phi) is 4.64. The SMILES string of the molecule is COC(C)CS(=O)(=O)Nc1cccc(-c2ncco2)c1C. The summed E-state index contributed by atoms with van der Waals surface area (Å²) in [5.74, 6) is 0.352. The number of aromatic nitrogens is 1. The minimum atomic E-state index is -3.48. The van der Waals surface area contributed by atoms with Crippen LogP contribution in [0.1, 0.15) is 12.5 Å². The maximum absolute atomic E-state index is 12.1. The van der Waals surface area contributed by atoms with Gasteiger partial charge in [-0.2, -0.15) is 0 Å². The number of hydrogen-bond donors (Lipinski definition) is 1. The van der Waals surface area contributed by atoms with Crippen LogP contribution in [-0.2, 0) is 14.8 Å². The Hall–Kier alpha value is -1.86. The Bertz CT molecular complexity index is 696.